The van der Waals surface area contributed by atoms with E-state index in [0.29, 0.717) is 5.56 Å². The van der Waals surface area contributed by atoms with Gasteiger partial charge in [0.2, 0.25) is 12.0 Å². The maximum absolute atomic E-state index is 12.8. The minimum absolute atomic E-state index is 0.0274. The van der Waals surface area contributed by atoms with E-state index in [1.165, 1.54) is 24.3 Å². The monoisotopic (exact) mass is 610 g/mol. The van der Waals surface area contributed by atoms with Crippen LogP contribution in [0.2, 0.25) is 0 Å². The van der Waals surface area contributed by atoms with Crippen molar-refractivity contribution in [1.29, 1.82) is 0 Å². The van der Waals surface area contributed by atoms with Crippen LogP contribution < -0.4 is 10.2 Å². The molecule has 2 fully saturated rings. The maximum Gasteiger partial charge on any atom is 0.229 e. The van der Waals surface area contributed by atoms with Crippen LogP contribution in [0.1, 0.15) is 0 Å². The van der Waals surface area contributed by atoms with Crippen molar-refractivity contribution in [1.82, 2.24) is 0 Å². The highest BCUT2D eigenvalue weighted by atomic mass is 16.7. The third-order valence-corrected chi connectivity index (χ3v) is 7.29. The van der Waals surface area contributed by atoms with Gasteiger partial charge in [0, 0.05) is 17.7 Å². The Hall–Kier alpha value is -3.55. The Morgan fingerprint density at radius 1 is 0.721 bits per heavy atom. The third kappa shape index (κ3) is 5.73. The van der Waals surface area contributed by atoms with Crippen molar-refractivity contribution in [2.24, 2.45) is 0 Å². The zero-order valence-corrected chi connectivity index (χ0v) is 22.1. The molecular weight excluding hydrogens is 580 g/mol. The van der Waals surface area contributed by atoms with Crippen LogP contribution in [0.5, 0.6) is 23.0 Å². The van der Waals surface area contributed by atoms with Gasteiger partial charge in [0.25, 0.3) is 0 Å². The van der Waals surface area contributed by atoms with E-state index in [1.807, 2.05) is 0 Å². The van der Waals surface area contributed by atoms with E-state index in [0.717, 1.165) is 12.1 Å². The maximum atomic E-state index is 12.8. The van der Waals surface area contributed by atoms with Crippen LogP contribution in [0.25, 0.3) is 22.3 Å². The highest BCUT2D eigenvalue weighted by Gasteiger charge is 2.51. The van der Waals surface area contributed by atoms with Crippen molar-refractivity contribution < 1.29 is 74.4 Å². The van der Waals surface area contributed by atoms with Gasteiger partial charge in [-0.1, -0.05) is 0 Å². The van der Waals surface area contributed by atoms with Gasteiger partial charge in [0.1, 0.15) is 71.3 Å². The molecule has 16 nitrogen and oxygen atoms in total. The van der Waals surface area contributed by atoms with Gasteiger partial charge < -0.3 is 74.4 Å². The van der Waals surface area contributed by atoms with E-state index in [-0.39, 0.29) is 17.1 Å². The minimum atomic E-state index is -1.95. The number of aromatic hydroxyl groups is 3. The fourth-order valence-corrected chi connectivity index (χ4v) is 4.90. The van der Waals surface area contributed by atoms with Crippen molar-refractivity contribution in [2.45, 2.75) is 61.4 Å². The Kier molecular flexibility index (Phi) is 8.77. The molecule has 3 aromatic rings. The first-order valence-corrected chi connectivity index (χ1v) is 13.0. The summed E-state index contributed by atoms with van der Waals surface area (Å²) >= 11 is 0. The molecule has 3 heterocycles. The molecule has 0 radical (unpaired) electrons. The fraction of sp³-hybridized carbons (Fsp3) is 0.444. The summed E-state index contributed by atoms with van der Waals surface area (Å²) < 4.78 is 27.5. The zero-order chi connectivity index (χ0) is 31.2. The second-order valence-corrected chi connectivity index (χ2v) is 10.1. The molecule has 0 bridgehead atoms. The lowest BCUT2D eigenvalue weighted by Gasteiger charge is -2.45. The van der Waals surface area contributed by atoms with E-state index in [4.69, 9.17) is 23.4 Å². The molecule has 10 atom stereocenters. The van der Waals surface area contributed by atoms with Crippen molar-refractivity contribution in [3.63, 3.8) is 0 Å². The molecule has 234 valence electrons. The zero-order valence-electron chi connectivity index (χ0n) is 22.1. The number of phenols is 3. The normalized spacial score (nSPS) is 33.0. The summed E-state index contributed by atoms with van der Waals surface area (Å²) in [5, 5.41) is 101. The molecule has 2 saturated heterocycles. The van der Waals surface area contributed by atoms with Gasteiger partial charge in [0.05, 0.1) is 13.2 Å². The predicted octanol–water partition coefficient (Wildman–Crippen LogP) is -2.42. The van der Waals surface area contributed by atoms with Crippen LogP contribution >= 0.6 is 0 Å². The second kappa shape index (κ2) is 12.2. The van der Waals surface area contributed by atoms with Crippen LogP contribution in [-0.4, -0.2) is 126 Å². The molecular formula is C27H30O16. The number of benzene rings is 2. The topological polar surface area (TPSA) is 269 Å². The van der Waals surface area contributed by atoms with Gasteiger partial charge in [-0.2, -0.15) is 0 Å². The molecule has 0 saturated carbocycles. The first kappa shape index (κ1) is 30.9. The van der Waals surface area contributed by atoms with Crippen LogP contribution in [0.4, 0.5) is 0 Å². The van der Waals surface area contributed by atoms with Crippen LogP contribution in [0.3, 0.4) is 0 Å². The predicted molar refractivity (Wildman–Crippen MR) is 140 cm³/mol. The quantitative estimate of drug-likeness (QED) is 0.125. The lowest BCUT2D eigenvalue weighted by Crippen LogP contribution is -2.65. The Balaban J connectivity index is 1.40. The molecule has 2 aliphatic rings. The number of phenolic OH excluding ortho intramolecular Hbond substituents is 3. The van der Waals surface area contributed by atoms with Crippen molar-refractivity contribution in [2.75, 3.05) is 13.2 Å². The minimum Gasteiger partial charge on any atom is -0.508 e. The summed E-state index contributed by atoms with van der Waals surface area (Å²) in [5.41, 5.74) is -0.562. The number of hydrogen-bond donors (Lipinski definition) is 10. The number of ether oxygens (including phenoxy) is 4. The molecule has 2 aliphatic heterocycles. The van der Waals surface area contributed by atoms with Gasteiger partial charge in [-0.25, -0.2) is 0 Å². The highest BCUT2D eigenvalue weighted by Crippen LogP contribution is 2.43. The summed E-state index contributed by atoms with van der Waals surface area (Å²) in [4.78, 5) is 12.8. The summed E-state index contributed by atoms with van der Waals surface area (Å²) in [6.07, 6.45) is -17.1. The van der Waals surface area contributed by atoms with E-state index in [2.05, 4.69) is 0 Å². The second-order valence-electron chi connectivity index (χ2n) is 10.1. The molecule has 1 aromatic heterocycles. The first-order chi connectivity index (χ1) is 20.4. The number of aliphatic hydroxyl groups is 7. The molecule has 16 heteroatoms. The average Bonchev–Trinajstić information content (AvgIpc) is 2.99. The van der Waals surface area contributed by atoms with Gasteiger partial charge in [0.15, 0.2) is 23.2 Å². The van der Waals surface area contributed by atoms with Gasteiger partial charge in [-0.15, -0.1) is 0 Å². The number of fused-ring (bicyclic) bond motifs is 1. The van der Waals surface area contributed by atoms with E-state index in [9.17, 15) is 55.9 Å². The smallest absolute Gasteiger partial charge is 0.229 e. The molecule has 0 unspecified atom stereocenters. The molecule has 43 heavy (non-hydrogen) atoms. The van der Waals surface area contributed by atoms with Crippen molar-refractivity contribution in [3.05, 3.63) is 46.6 Å². The number of rotatable bonds is 7. The third-order valence-electron chi connectivity index (χ3n) is 7.29. The number of hydrogen-bond acceptors (Lipinski definition) is 16. The van der Waals surface area contributed by atoms with E-state index >= 15 is 0 Å². The van der Waals surface area contributed by atoms with Crippen molar-refractivity contribution >= 4 is 11.0 Å². The van der Waals surface area contributed by atoms with Crippen LogP contribution in [0, 0.1) is 0 Å². The summed E-state index contributed by atoms with van der Waals surface area (Å²) in [6, 6.07) is 7.77. The Morgan fingerprint density at radius 3 is 2.00 bits per heavy atom. The molecule has 0 spiro atoms. The first-order valence-electron chi connectivity index (χ1n) is 13.0. The average molecular weight is 611 g/mol. The van der Waals surface area contributed by atoms with E-state index < -0.39 is 103 Å². The molecule has 0 aliphatic carbocycles. The molecule has 10 N–H and O–H groups in total. The SMILES string of the molecule is O=c1cc(-c2ccc(O)cc2)oc2cc(O[C@@H]3O[C@H](CO)[C@@H](O[C@@H]4O[C@H](CO)[C@@H](O)[C@H](O)[C@H]4O)[C@H](O)[C@H]3O)c(O)c(O)c12. The lowest BCUT2D eigenvalue weighted by atomic mass is 9.97. The fourth-order valence-electron chi connectivity index (χ4n) is 4.90. The van der Waals surface area contributed by atoms with Gasteiger partial charge in [-0.05, 0) is 24.3 Å². The Labute approximate surface area is 241 Å². The summed E-state index contributed by atoms with van der Waals surface area (Å²) in [7, 11) is 0. The van der Waals surface area contributed by atoms with E-state index in [1.54, 1.807) is 0 Å². The molecule has 5 rings (SSSR count). The summed E-state index contributed by atoms with van der Waals surface area (Å²) in [5.74, 6) is -2.36. The Morgan fingerprint density at radius 2 is 1.35 bits per heavy atom. The van der Waals surface area contributed by atoms with Crippen molar-refractivity contribution in [3.8, 4) is 34.3 Å². The highest BCUT2D eigenvalue weighted by molar-refractivity contribution is 5.89. The largest absolute Gasteiger partial charge is 0.508 e. The van der Waals surface area contributed by atoms with Gasteiger partial charge >= 0.3 is 0 Å². The standard InChI is InChI=1S/C27H30O16/c28-7-15-19(33)21(35)23(37)27(41-15)43-25-16(8-29)42-26(24(38)22(25)36)40-14-6-13-17(20(34)18(14)32)11(31)5-12(39-13)9-1-3-10(30)4-2-9/h1-6,15-16,19,21-30,32-38H,7-8H2/t15-,16-,19-,21+,22-,23-,24-,25-,26-,27+/m1/s1. The lowest BCUT2D eigenvalue weighted by molar-refractivity contribution is -0.352. The number of aliphatic hydroxyl groups excluding tert-OH is 7. The molecule has 2 aromatic carbocycles. The van der Waals surface area contributed by atoms with Crippen LogP contribution in [-0.2, 0) is 14.2 Å². The Bertz CT molecular complexity index is 1490. The summed E-state index contributed by atoms with van der Waals surface area (Å²) in [6.45, 7) is -1.60. The van der Waals surface area contributed by atoms with Gasteiger partial charge in [-0.3, -0.25) is 4.79 Å². The van der Waals surface area contributed by atoms with Crippen LogP contribution in [0.15, 0.2) is 45.6 Å². The molecule has 0 amide bonds.